The van der Waals surface area contributed by atoms with Crippen LogP contribution in [0.2, 0.25) is 5.02 Å². The summed E-state index contributed by atoms with van der Waals surface area (Å²) in [6.45, 7) is 4.54. The van der Waals surface area contributed by atoms with Gasteiger partial charge in [0.1, 0.15) is 17.5 Å². The summed E-state index contributed by atoms with van der Waals surface area (Å²) in [5.41, 5.74) is 0.459. The molecule has 2 heterocycles. The van der Waals surface area contributed by atoms with Crippen LogP contribution < -0.4 is 24.4 Å². The Balaban J connectivity index is 1.48. The standard InChI is InChI=1S/C32H33ClF3N5O7S/c1-18(39-48-30(2,3)29(43)40-49(5,44)45)19-12-21(14-23(13-19)46-4)38-27(25-9-6-20(33)16-37-25)28(42)41-17-31(10-11-31)24-8-7-22(15-26(24)41)47-32(34,35)36/h6-9,12-16,27,38H,10-11,17H2,1-5H3,(H,40,43). The van der Waals surface area contributed by atoms with Gasteiger partial charge in [-0.25, -0.2) is 13.1 Å². The molecule has 2 amide bonds. The molecule has 0 bridgehead atoms. The number of sulfonamides is 1. The first-order valence-corrected chi connectivity index (χ1v) is 17.1. The first-order chi connectivity index (χ1) is 22.8. The van der Waals surface area contributed by atoms with E-state index in [4.69, 9.17) is 21.2 Å². The third kappa shape index (κ3) is 8.36. The fourth-order valence-corrected chi connectivity index (χ4v) is 6.04. The lowest BCUT2D eigenvalue weighted by atomic mass is 9.99. The Kier molecular flexibility index (Phi) is 9.51. The van der Waals surface area contributed by atoms with E-state index in [1.807, 2.05) is 4.72 Å². The normalized spacial score (nSPS) is 16.1. The number of carbonyl (C=O) groups excluding carboxylic acids is 2. The molecule has 17 heteroatoms. The second-order valence-corrected chi connectivity index (χ2v) is 14.5. The predicted molar refractivity (Wildman–Crippen MR) is 175 cm³/mol. The lowest BCUT2D eigenvalue weighted by molar-refractivity contribution is -0.274. The van der Waals surface area contributed by atoms with E-state index in [2.05, 4.69) is 20.2 Å². The van der Waals surface area contributed by atoms with Gasteiger partial charge in [0, 0.05) is 41.5 Å². The topological polar surface area (TPSA) is 149 Å². The number of methoxy groups -OCH3 is 1. The monoisotopic (exact) mass is 723 g/mol. The zero-order valence-corrected chi connectivity index (χ0v) is 28.6. The van der Waals surface area contributed by atoms with Crippen molar-refractivity contribution in [1.29, 1.82) is 0 Å². The van der Waals surface area contributed by atoms with Crippen LogP contribution in [0.3, 0.4) is 0 Å². The van der Waals surface area contributed by atoms with Gasteiger partial charge in [0.05, 0.1) is 35.5 Å². The number of benzene rings is 2. The van der Waals surface area contributed by atoms with Gasteiger partial charge in [-0.15, -0.1) is 13.2 Å². The number of oxime groups is 1. The summed E-state index contributed by atoms with van der Waals surface area (Å²) in [6.07, 6.45) is -1.16. The molecule has 1 aliphatic carbocycles. The number of carbonyl (C=O) groups is 2. The number of rotatable bonds is 11. The molecule has 5 rings (SSSR count). The summed E-state index contributed by atoms with van der Waals surface area (Å²) in [5, 5.41) is 7.57. The molecule has 1 unspecified atom stereocenters. The fourth-order valence-electron chi connectivity index (χ4n) is 5.35. The van der Waals surface area contributed by atoms with Crippen molar-refractivity contribution < 1.29 is 45.5 Å². The summed E-state index contributed by atoms with van der Waals surface area (Å²) < 4.78 is 73.8. The maximum Gasteiger partial charge on any atom is 0.573 e. The van der Waals surface area contributed by atoms with E-state index in [0.29, 0.717) is 27.7 Å². The lowest BCUT2D eigenvalue weighted by Gasteiger charge is -2.26. The maximum atomic E-state index is 14.4. The van der Waals surface area contributed by atoms with Crippen LogP contribution in [-0.2, 0) is 29.9 Å². The van der Waals surface area contributed by atoms with Gasteiger partial charge in [-0.3, -0.25) is 14.6 Å². The summed E-state index contributed by atoms with van der Waals surface area (Å²) in [7, 11) is -2.40. The highest BCUT2D eigenvalue weighted by Gasteiger charge is 2.54. The molecule has 1 spiro atoms. The molecular weight excluding hydrogens is 691 g/mol. The zero-order valence-electron chi connectivity index (χ0n) is 27.0. The van der Waals surface area contributed by atoms with Crippen molar-refractivity contribution in [2.45, 2.75) is 57.0 Å². The number of hydrogen-bond donors (Lipinski definition) is 2. The summed E-state index contributed by atoms with van der Waals surface area (Å²) >= 11 is 6.09. The number of ether oxygens (including phenoxy) is 2. The van der Waals surface area contributed by atoms with Crippen LogP contribution in [0.4, 0.5) is 24.5 Å². The van der Waals surface area contributed by atoms with Gasteiger partial charge in [-0.1, -0.05) is 22.8 Å². The van der Waals surface area contributed by atoms with Gasteiger partial charge in [0.15, 0.2) is 0 Å². The molecule has 2 aromatic carbocycles. The second kappa shape index (κ2) is 13.0. The highest BCUT2D eigenvalue weighted by molar-refractivity contribution is 7.89. The summed E-state index contributed by atoms with van der Waals surface area (Å²) in [4.78, 5) is 38.1. The van der Waals surface area contributed by atoms with Crippen molar-refractivity contribution in [3.63, 3.8) is 0 Å². The van der Waals surface area contributed by atoms with E-state index in [1.54, 1.807) is 43.3 Å². The largest absolute Gasteiger partial charge is 0.573 e. The Bertz CT molecular complexity index is 1920. The first kappa shape index (κ1) is 35.7. The number of halogens is 4. The minimum Gasteiger partial charge on any atom is -0.497 e. The van der Waals surface area contributed by atoms with Crippen LogP contribution >= 0.6 is 11.6 Å². The molecule has 262 valence electrons. The number of nitrogens with one attached hydrogen (secondary N) is 2. The van der Waals surface area contributed by atoms with E-state index in [0.717, 1.165) is 24.7 Å². The van der Waals surface area contributed by atoms with Crippen LogP contribution in [0.25, 0.3) is 0 Å². The van der Waals surface area contributed by atoms with E-state index in [1.165, 1.54) is 44.2 Å². The number of aromatic nitrogens is 1. The van der Waals surface area contributed by atoms with Gasteiger partial charge in [-0.2, -0.15) is 0 Å². The van der Waals surface area contributed by atoms with Crippen LogP contribution in [0.5, 0.6) is 11.5 Å². The summed E-state index contributed by atoms with van der Waals surface area (Å²) in [5.74, 6) is -1.50. The van der Waals surface area contributed by atoms with Crippen LogP contribution in [0, 0.1) is 0 Å². The molecule has 0 saturated heterocycles. The third-order valence-electron chi connectivity index (χ3n) is 8.04. The molecular formula is C32H33ClF3N5O7S. The SMILES string of the molecule is COc1cc(NC(C(=O)N2CC3(CC3)c3ccc(OC(F)(F)F)cc32)c2ccc(Cl)cn2)cc(C(C)=NOC(C)(C)C(=O)NS(C)(=O)=O)c1. The summed E-state index contributed by atoms with van der Waals surface area (Å²) in [6, 6.07) is 10.9. The van der Waals surface area contributed by atoms with Crippen molar-refractivity contribution >= 4 is 50.5 Å². The highest BCUT2D eigenvalue weighted by atomic mass is 35.5. The van der Waals surface area contributed by atoms with Crippen molar-refractivity contribution in [1.82, 2.24) is 9.71 Å². The minimum atomic E-state index is -4.91. The number of anilines is 2. The molecule has 3 aromatic rings. The number of hydrogen-bond acceptors (Lipinski definition) is 10. The van der Waals surface area contributed by atoms with Gasteiger partial charge in [0.25, 0.3) is 11.8 Å². The molecule has 2 aliphatic rings. The number of pyridine rings is 1. The van der Waals surface area contributed by atoms with E-state index < -0.39 is 45.6 Å². The highest BCUT2D eigenvalue weighted by Crippen LogP contribution is 2.57. The Morgan fingerprint density at radius 2 is 1.80 bits per heavy atom. The van der Waals surface area contributed by atoms with Gasteiger partial charge >= 0.3 is 6.36 Å². The van der Waals surface area contributed by atoms with E-state index >= 15 is 0 Å². The second-order valence-electron chi connectivity index (χ2n) is 12.3. The Labute approximate surface area is 285 Å². The molecule has 1 saturated carbocycles. The van der Waals surface area contributed by atoms with Crippen molar-refractivity contribution in [3.8, 4) is 11.5 Å². The quantitative estimate of drug-likeness (QED) is 0.194. The molecule has 1 fully saturated rings. The number of amides is 2. The smallest absolute Gasteiger partial charge is 0.497 e. The van der Waals surface area contributed by atoms with Crippen molar-refractivity contribution in [2.24, 2.45) is 5.16 Å². The number of fused-ring (bicyclic) bond motifs is 2. The molecule has 12 nitrogen and oxygen atoms in total. The maximum absolute atomic E-state index is 14.4. The zero-order chi connectivity index (χ0) is 35.9. The molecule has 2 N–H and O–H groups in total. The van der Waals surface area contributed by atoms with Gasteiger partial charge in [-0.05, 0) is 69.5 Å². The third-order valence-corrected chi connectivity index (χ3v) is 8.82. The molecule has 49 heavy (non-hydrogen) atoms. The number of alkyl halides is 3. The molecule has 1 aromatic heterocycles. The van der Waals surface area contributed by atoms with Crippen LogP contribution in [0.1, 0.15) is 56.5 Å². The fraction of sp³-hybridized carbons (Fsp3) is 0.375. The lowest BCUT2D eigenvalue weighted by Crippen LogP contribution is -2.45. The van der Waals surface area contributed by atoms with E-state index in [9.17, 15) is 31.2 Å². The molecule has 1 atom stereocenters. The average molecular weight is 724 g/mol. The van der Waals surface area contributed by atoms with E-state index in [-0.39, 0.29) is 23.4 Å². The Hall–Kier alpha value is -4.57. The van der Waals surface area contributed by atoms with Crippen LogP contribution in [0.15, 0.2) is 59.9 Å². The molecule has 0 radical (unpaired) electrons. The van der Waals surface area contributed by atoms with Crippen molar-refractivity contribution in [3.05, 3.63) is 76.6 Å². The van der Waals surface area contributed by atoms with Crippen molar-refractivity contribution in [2.75, 3.05) is 30.1 Å². The minimum absolute atomic E-state index is 0.261. The van der Waals surface area contributed by atoms with Gasteiger partial charge in [0.2, 0.25) is 15.6 Å². The first-order valence-electron chi connectivity index (χ1n) is 14.8. The average Bonchev–Trinajstić information content (AvgIpc) is 3.72. The van der Waals surface area contributed by atoms with Gasteiger partial charge < -0.3 is 24.5 Å². The predicted octanol–water partition coefficient (Wildman–Crippen LogP) is 5.47. The number of nitrogens with zero attached hydrogens (tertiary/aromatic N) is 3. The Morgan fingerprint density at radius 3 is 2.39 bits per heavy atom. The van der Waals surface area contributed by atoms with Crippen LogP contribution in [-0.4, -0.2) is 62.8 Å². The Morgan fingerprint density at radius 1 is 1.08 bits per heavy atom. The molecule has 1 aliphatic heterocycles.